The Hall–Kier alpha value is -6.39. The van der Waals surface area contributed by atoms with Crippen LogP contribution in [-0.2, 0) is 0 Å². The summed E-state index contributed by atoms with van der Waals surface area (Å²) in [5.74, 6) is 0.937. The van der Waals surface area contributed by atoms with E-state index in [9.17, 15) is 0 Å². The molecule has 0 aliphatic heterocycles. The third kappa shape index (κ3) is 3.79. The van der Waals surface area contributed by atoms with Gasteiger partial charge in [-0.15, -0.1) is 0 Å². The van der Waals surface area contributed by atoms with E-state index in [1.807, 2.05) is 6.07 Å². The van der Waals surface area contributed by atoms with Gasteiger partial charge in [-0.25, -0.2) is 4.98 Å². The van der Waals surface area contributed by atoms with Gasteiger partial charge in [0, 0.05) is 44.2 Å². The molecule has 7 aromatic carbocycles. The maximum Gasteiger partial charge on any atom is 0.145 e. The van der Waals surface area contributed by atoms with Crippen molar-refractivity contribution in [3.63, 3.8) is 0 Å². The lowest BCUT2D eigenvalue weighted by Crippen LogP contribution is -1.99. The summed E-state index contributed by atoms with van der Waals surface area (Å²) in [6.45, 7) is 0. The molecular formula is C43H28N4. The number of hydrogen-bond donors (Lipinski definition) is 0. The summed E-state index contributed by atoms with van der Waals surface area (Å²) in [5, 5.41) is 5.00. The van der Waals surface area contributed by atoms with E-state index >= 15 is 0 Å². The van der Waals surface area contributed by atoms with Crippen LogP contribution in [0.25, 0.3) is 83.1 Å². The monoisotopic (exact) mass is 600 g/mol. The van der Waals surface area contributed by atoms with Gasteiger partial charge in [0.05, 0.1) is 33.1 Å². The molecule has 0 amide bonds. The number of fused-ring (bicyclic) bond motifs is 8. The highest BCUT2D eigenvalue weighted by atomic mass is 15.1. The van der Waals surface area contributed by atoms with E-state index in [1.54, 1.807) is 0 Å². The van der Waals surface area contributed by atoms with Crippen molar-refractivity contribution in [3.8, 4) is 28.5 Å². The smallest absolute Gasteiger partial charge is 0.145 e. The van der Waals surface area contributed by atoms with Gasteiger partial charge in [0.25, 0.3) is 0 Å². The molecule has 0 bridgehead atoms. The fraction of sp³-hybridized carbons (Fsp3) is 0. The van der Waals surface area contributed by atoms with Crippen molar-refractivity contribution in [3.05, 3.63) is 170 Å². The Labute approximate surface area is 271 Å². The Morgan fingerprint density at radius 3 is 1.64 bits per heavy atom. The largest absolute Gasteiger partial charge is 0.309 e. The second kappa shape index (κ2) is 10.1. The highest BCUT2D eigenvalue weighted by molar-refractivity contribution is 6.26. The summed E-state index contributed by atoms with van der Waals surface area (Å²) in [6.07, 6.45) is 0. The van der Waals surface area contributed by atoms with Crippen molar-refractivity contribution in [1.82, 2.24) is 18.7 Å². The van der Waals surface area contributed by atoms with Crippen molar-refractivity contribution in [2.45, 2.75) is 0 Å². The number of rotatable bonds is 4. The van der Waals surface area contributed by atoms with Crippen LogP contribution in [-0.4, -0.2) is 18.7 Å². The first kappa shape index (κ1) is 25.9. The standard InChI is InChI=1S/C43H28N4/c1-3-13-29(14-4-1)43-44-36-19-9-12-22-39(36)47(43)32-25-23-31(24-26-32)46-37-20-10-7-17-33(37)34-27-28-40-41(42(34)46)35-18-8-11-21-38(35)45(40)30-15-5-2-6-16-30/h1-28H. The Kier molecular flexibility index (Phi) is 5.54. The molecule has 4 heteroatoms. The van der Waals surface area contributed by atoms with Crippen molar-refractivity contribution < 1.29 is 0 Å². The summed E-state index contributed by atoms with van der Waals surface area (Å²) in [6, 6.07) is 60.6. The Morgan fingerprint density at radius 1 is 0.340 bits per heavy atom. The zero-order chi connectivity index (χ0) is 30.9. The predicted octanol–water partition coefficient (Wildman–Crippen LogP) is 10.9. The van der Waals surface area contributed by atoms with Gasteiger partial charge in [-0.2, -0.15) is 0 Å². The molecule has 0 radical (unpaired) electrons. The van der Waals surface area contributed by atoms with Crippen LogP contribution < -0.4 is 0 Å². The second-order valence-corrected chi connectivity index (χ2v) is 12.0. The van der Waals surface area contributed by atoms with Gasteiger partial charge < -0.3 is 9.13 Å². The normalized spacial score (nSPS) is 11.8. The Bertz CT molecular complexity index is 2760. The lowest BCUT2D eigenvalue weighted by atomic mass is 10.1. The maximum absolute atomic E-state index is 5.06. The summed E-state index contributed by atoms with van der Waals surface area (Å²) in [4.78, 5) is 5.06. The predicted molar refractivity (Wildman–Crippen MR) is 195 cm³/mol. The van der Waals surface area contributed by atoms with Gasteiger partial charge >= 0.3 is 0 Å². The fourth-order valence-electron chi connectivity index (χ4n) is 7.45. The molecule has 10 rings (SSSR count). The van der Waals surface area contributed by atoms with Gasteiger partial charge in [0.1, 0.15) is 5.82 Å². The molecule has 0 saturated heterocycles. The number of hydrogen-bond acceptors (Lipinski definition) is 1. The molecule has 0 aliphatic carbocycles. The van der Waals surface area contributed by atoms with Gasteiger partial charge in [-0.1, -0.05) is 103 Å². The van der Waals surface area contributed by atoms with Crippen LogP contribution in [0.1, 0.15) is 0 Å². The number of aromatic nitrogens is 4. The second-order valence-electron chi connectivity index (χ2n) is 12.0. The van der Waals surface area contributed by atoms with Gasteiger partial charge in [-0.3, -0.25) is 4.57 Å². The first-order chi connectivity index (χ1) is 23.3. The van der Waals surface area contributed by atoms with E-state index in [0.29, 0.717) is 0 Å². The van der Waals surface area contributed by atoms with Crippen LogP contribution in [0, 0.1) is 0 Å². The third-order valence-corrected chi connectivity index (χ3v) is 9.44. The first-order valence-electron chi connectivity index (χ1n) is 16.0. The highest BCUT2D eigenvalue weighted by Crippen LogP contribution is 2.42. The molecule has 10 aromatic rings. The summed E-state index contributed by atoms with van der Waals surface area (Å²) in [7, 11) is 0. The summed E-state index contributed by atoms with van der Waals surface area (Å²) < 4.78 is 7.11. The topological polar surface area (TPSA) is 27.7 Å². The van der Waals surface area contributed by atoms with Crippen molar-refractivity contribution in [2.24, 2.45) is 0 Å². The van der Waals surface area contributed by atoms with Crippen molar-refractivity contribution >= 4 is 54.6 Å². The van der Waals surface area contributed by atoms with Crippen LogP contribution in [0.4, 0.5) is 0 Å². The molecule has 0 fully saturated rings. The van der Waals surface area contributed by atoms with Crippen LogP contribution in [0.15, 0.2) is 170 Å². The van der Waals surface area contributed by atoms with Crippen molar-refractivity contribution in [2.75, 3.05) is 0 Å². The van der Waals surface area contributed by atoms with E-state index in [0.717, 1.165) is 39.5 Å². The molecular weight excluding hydrogens is 573 g/mol. The molecule has 3 heterocycles. The minimum absolute atomic E-state index is 0.937. The quantitative estimate of drug-likeness (QED) is 0.197. The minimum atomic E-state index is 0.937. The maximum atomic E-state index is 5.06. The van der Waals surface area contributed by atoms with E-state index in [-0.39, 0.29) is 0 Å². The summed E-state index contributed by atoms with van der Waals surface area (Å²) in [5.41, 5.74) is 11.3. The molecule has 0 atom stereocenters. The number of benzene rings is 7. The minimum Gasteiger partial charge on any atom is -0.309 e. The Morgan fingerprint density at radius 2 is 0.894 bits per heavy atom. The lowest BCUT2D eigenvalue weighted by Gasteiger charge is -2.13. The molecule has 0 aliphatic rings. The average molecular weight is 601 g/mol. The number of nitrogens with zero attached hydrogens (tertiary/aromatic N) is 4. The molecule has 4 nitrogen and oxygen atoms in total. The SMILES string of the molecule is c1ccc(-c2nc3ccccc3n2-c2ccc(-n3c4ccccc4c4ccc5c(c6ccccc6n5-c5ccccc5)c43)cc2)cc1. The molecule has 0 saturated carbocycles. The van der Waals surface area contributed by atoms with Crippen LogP contribution in [0.3, 0.4) is 0 Å². The zero-order valence-electron chi connectivity index (χ0n) is 25.5. The number of imidazole rings is 1. The van der Waals surface area contributed by atoms with Crippen molar-refractivity contribution in [1.29, 1.82) is 0 Å². The molecule has 220 valence electrons. The number of para-hydroxylation sites is 5. The highest BCUT2D eigenvalue weighted by Gasteiger charge is 2.21. The Balaban J connectivity index is 1.25. The van der Waals surface area contributed by atoms with E-state index in [2.05, 4.69) is 177 Å². The lowest BCUT2D eigenvalue weighted by molar-refractivity contribution is 1.09. The third-order valence-electron chi connectivity index (χ3n) is 9.44. The fourth-order valence-corrected chi connectivity index (χ4v) is 7.45. The molecule has 47 heavy (non-hydrogen) atoms. The zero-order valence-corrected chi connectivity index (χ0v) is 25.5. The van der Waals surface area contributed by atoms with E-state index in [1.165, 1.54) is 43.6 Å². The molecule has 0 spiro atoms. The van der Waals surface area contributed by atoms with E-state index < -0.39 is 0 Å². The first-order valence-corrected chi connectivity index (χ1v) is 16.0. The van der Waals surface area contributed by atoms with Gasteiger partial charge in [0.15, 0.2) is 0 Å². The molecule has 3 aromatic heterocycles. The van der Waals surface area contributed by atoms with Gasteiger partial charge in [0.2, 0.25) is 0 Å². The average Bonchev–Trinajstić information content (AvgIpc) is 3.80. The van der Waals surface area contributed by atoms with Crippen LogP contribution in [0.5, 0.6) is 0 Å². The molecule has 0 N–H and O–H groups in total. The van der Waals surface area contributed by atoms with Gasteiger partial charge in [-0.05, 0) is 66.7 Å². The molecule has 0 unspecified atom stereocenters. The summed E-state index contributed by atoms with van der Waals surface area (Å²) >= 11 is 0. The van der Waals surface area contributed by atoms with E-state index in [4.69, 9.17) is 4.98 Å². The van der Waals surface area contributed by atoms with Crippen LogP contribution >= 0.6 is 0 Å². The van der Waals surface area contributed by atoms with Crippen LogP contribution in [0.2, 0.25) is 0 Å².